The molecule has 25 heavy (non-hydrogen) atoms. The Morgan fingerprint density at radius 3 is 2.40 bits per heavy atom. The van der Waals surface area contributed by atoms with Crippen LogP contribution in [0.3, 0.4) is 0 Å². The van der Waals surface area contributed by atoms with E-state index in [1.54, 1.807) is 28.8 Å². The van der Waals surface area contributed by atoms with Crippen LogP contribution in [-0.4, -0.2) is 24.3 Å². The van der Waals surface area contributed by atoms with Gasteiger partial charge in [0.1, 0.15) is 0 Å². The summed E-state index contributed by atoms with van der Waals surface area (Å²) in [6, 6.07) is 9.68. The summed E-state index contributed by atoms with van der Waals surface area (Å²) in [7, 11) is -3.27. The van der Waals surface area contributed by atoms with Crippen molar-refractivity contribution in [2.24, 2.45) is 5.18 Å². The lowest BCUT2D eigenvalue weighted by atomic mass is 10.1. The minimum atomic E-state index is -3.27. The maximum atomic E-state index is 11.5. The minimum absolute atomic E-state index is 0.0617. The first-order chi connectivity index (χ1) is 11.7. The Bertz CT molecular complexity index is 1090. The zero-order valence-electron chi connectivity index (χ0n) is 13.5. The summed E-state index contributed by atoms with van der Waals surface area (Å²) in [5, 5.41) is 14.3. The normalized spacial score (nSPS) is 11.8. The first-order valence-electron chi connectivity index (χ1n) is 7.36. The van der Waals surface area contributed by atoms with Crippen molar-refractivity contribution in [3.63, 3.8) is 0 Å². The molecule has 8 heteroatoms. The van der Waals surface area contributed by atoms with Crippen LogP contribution in [0, 0.1) is 11.8 Å². The fourth-order valence-electron chi connectivity index (χ4n) is 2.90. The Morgan fingerprint density at radius 2 is 1.84 bits per heavy atom. The van der Waals surface area contributed by atoms with Crippen LogP contribution in [-0.2, 0) is 16.4 Å². The van der Waals surface area contributed by atoms with Gasteiger partial charge in [-0.3, -0.25) is 0 Å². The summed E-state index contributed by atoms with van der Waals surface area (Å²) in [5.41, 5.74) is 2.16. The van der Waals surface area contributed by atoms with E-state index in [1.807, 2.05) is 6.92 Å². The summed E-state index contributed by atoms with van der Waals surface area (Å²) in [4.78, 5) is 11.4. The molecule has 0 unspecified atom stereocenters. The number of hydrogen-bond acceptors (Lipinski definition) is 5. The van der Waals surface area contributed by atoms with Gasteiger partial charge >= 0.3 is 0 Å². The predicted octanol–water partition coefficient (Wildman–Crippen LogP) is 4.16. The van der Waals surface area contributed by atoms with Crippen molar-refractivity contribution in [2.75, 3.05) is 6.26 Å². The summed E-state index contributed by atoms with van der Waals surface area (Å²) in [6.07, 6.45) is 1.14. The van der Waals surface area contributed by atoms with Crippen molar-refractivity contribution in [3.8, 4) is 5.88 Å². The van der Waals surface area contributed by atoms with Gasteiger partial charge in [-0.25, -0.2) is 8.42 Å². The Kier molecular flexibility index (Phi) is 4.30. The van der Waals surface area contributed by atoms with Crippen LogP contribution in [0.5, 0.6) is 5.88 Å². The lowest BCUT2D eigenvalue weighted by molar-refractivity contribution is 0.430. The molecule has 0 spiro atoms. The summed E-state index contributed by atoms with van der Waals surface area (Å²) >= 11 is 6.04. The van der Waals surface area contributed by atoms with Gasteiger partial charge in [-0.1, -0.05) is 23.7 Å². The number of aryl methyl sites for hydroxylation is 1. The second-order valence-electron chi connectivity index (χ2n) is 5.88. The van der Waals surface area contributed by atoms with Gasteiger partial charge < -0.3 is 9.67 Å². The smallest absolute Gasteiger partial charge is 0.222 e. The first kappa shape index (κ1) is 17.4. The molecule has 1 aromatic heterocycles. The maximum absolute atomic E-state index is 11.5. The molecule has 130 valence electrons. The van der Waals surface area contributed by atoms with Crippen LogP contribution < -0.4 is 0 Å². The highest BCUT2D eigenvalue weighted by atomic mass is 35.5. The minimum Gasteiger partial charge on any atom is -0.493 e. The topological polar surface area (TPSA) is 88.7 Å². The molecule has 0 saturated carbocycles. The molecule has 1 N–H and O–H groups in total. The van der Waals surface area contributed by atoms with Crippen molar-refractivity contribution in [1.82, 2.24) is 4.57 Å². The highest BCUT2D eigenvalue weighted by Gasteiger charge is 2.20. The van der Waals surface area contributed by atoms with Gasteiger partial charge in [0.25, 0.3) is 0 Å². The maximum Gasteiger partial charge on any atom is 0.222 e. The van der Waals surface area contributed by atoms with Crippen LogP contribution in [0.4, 0.5) is 5.69 Å². The highest BCUT2D eigenvalue weighted by molar-refractivity contribution is 7.90. The molecule has 1 heterocycles. The third-order valence-electron chi connectivity index (χ3n) is 4.04. The van der Waals surface area contributed by atoms with Crippen LogP contribution in [0.2, 0.25) is 5.02 Å². The average molecular weight is 379 g/mol. The van der Waals surface area contributed by atoms with E-state index in [2.05, 4.69) is 5.18 Å². The number of aromatic nitrogens is 1. The molecule has 0 amide bonds. The van der Waals surface area contributed by atoms with Gasteiger partial charge in [0, 0.05) is 16.7 Å². The van der Waals surface area contributed by atoms with Crippen molar-refractivity contribution >= 4 is 38.0 Å². The second kappa shape index (κ2) is 6.16. The molecule has 0 fully saturated rings. The number of rotatable bonds is 4. The summed E-state index contributed by atoms with van der Waals surface area (Å²) < 4.78 is 24.7. The van der Waals surface area contributed by atoms with Crippen LogP contribution >= 0.6 is 11.6 Å². The standard InChI is InChI=1S/C17H15ClN2O4S/c1-10-7-12(18)8-14-15(19-22)17(21)20(16(10)14)9-11-3-5-13(6-4-11)25(2,23)24/h3-8,21H,9H2,1-2H3. The SMILES string of the molecule is Cc1cc(Cl)cc2c(N=O)c(O)n(Cc3ccc(S(C)(=O)=O)cc3)c12. The van der Waals surface area contributed by atoms with Crippen molar-refractivity contribution < 1.29 is 13.5 Å². The first-order valence-corrected chi connectivity index (χ1v) is 9.63. The molecule has 0 aliphatic rings. The van der Waals surface area contributed by atoms with E-state index in [9.17, 15) is 18.4 Å². The zero-order valence-corrected chi connectivity index (χ0v) is 15.1. The largest absolute Gasteiger partial charge is 0.493 e. The van der Waals surface area contributed by atoms with Crippen LogP contribution in [0.1, 0.15) is 11.1 Å². The van der Waals surface area contributed by atoms with Gasteiger partial charge in [0.05, 0.1) is 17.0 Å². The molecule has 3 rings (SSSR count). The molecular weight excluding hydrogens is 364 g/mol. The number of halogens is 1. The summed E-state index contributed by atoms with van der Waals surface area (Å²) in [6.45, 7) is 2.08. The Balaban J connectivity index is 2.13. The molecular formula is C17H15ClN2O4S. The van der Waals surface area contributed by atoms with Gasteiger partial charge in [0.15, 0.2) is 15.5 Å². The van der Waals surface area contributed by atoms with Crippen molar-refractivity contribution in [1.29, 1.82) is 0 Å². The Morgan fingerprint density at radius 1 is 1.20 bits per heavy atom. The molecule has 6 nitrogen and oxygen atoms in total. The van der Waals surface area contributed by atoms with Gasteiger partial charge in [-0.2, -0.15) is 0 Å². The fraction of sp³-hybridized carbons (Fsp3) is 0.176. The molecule has 0 bridgehead atoms. The second-order valence-corrected chi connectivity index (χ2v) is 8.34. The molecule has 3 aromatic rings. The van der Waals surface area contributed by atoms with Gasteiger partial charge in [0.2, 0.25) is 5.88 Å². The molecule has 0 atom stereocenters. The molecule has 0 aliphatic heterocycles. The number of fused-ring (bicyclic) bond motifs is 1. The van der Waals surface area contributed by atoms with Crippen LogP contribution in [0.25, 0.3) is 10.9 Å². The lowest BCUT2D eigenvalue weighted by Crippen LogP contribution is -2.01. The van der Waals surface area contributed by atoms with E-state index in [0.29, 0.717) is 15.9 Å². The van der Waals surface area contributed by atoms with E-state index in [-0.39, 0.29) is 23.0 Å². The average Bonchev–Trinajstić information content (AvgIpc) is 2.78. The molecule has 0 aliphatic carbocycles. The van der Waals surface area contributed by atoms with E-state index in [4.69, 9.17) is 11.6 Å². The Labute approximate surface area is 149 Å². The third kappa shape index (κ3) is 3.12. The number of sulfone groups is 1. The van der Waals surface area contributed by atoms with Crippen molar-refractivity contribution in [3.05, 3.63) is 57.5 Å². The van der Waals surface area contributed by atoms with E-state index >= 15 is 0 Å². The highest BCUT2D eigenvalue weighted by Crippen LogP contribution is 2.41. The molecule has 0 radical (unpaired) electrons. The van der Waals surface area contributed by atoms with Crippen molar-refractivity contribution in [2.45, 2.75) is 18.4 Å². The zero-order chi connectivity index (χ0) is 18.4. The van der Waals surface area contributed by atoms with E-state index in [1.165, 1.54) is 12.1 Å². The summed E-state index contributed by atoms with van der Waals surface area (Å²) in [5.74, 6) is -0.248. The lowest BCUT2D eigenvalue weighted by Gasteiger charge is -2.10. The number of benzene rings is 2. The van der Waals surface area contributed by atoms with Crippen LogP contribution in [0.15, 0.2) is 46.5 Å². The number of hydrogen-bond donors (Lipinski definition) is 1. The number of nitrogens with zero attached hydrogens (tertiary/aromatic N) is 2. The fourth-order valence-corrected chi connectivity index (χ4v) is 3.80. The van der Waals surface area contributed by atoms with Gasteiger partial charge in [-0.05, 0) is 47.5 Å². The van der Waals surface area contributed by atoms with E-state index < -0.39 is 9.84 Å². The van der Waals surface area contributed by atoms with E-state index in [0.717, 1.165) is 17.4 Å². The number of aromatic hydroxyl groups is 1. The molecule has 0 saturated heterocycles. The predicted molar refractivity (Wildman–Crippen MR) is 97.5 cm³/mol. The number of nitroso groups, excluding NO2 is 1. The van der Waals surface area contributed by atoms with Gasteiger partial charge in [-0.15, -0.1) is 4.91 Å². The monoisotopic (exact) mass is 378 g/mol. The third-order valence-corrected chi connectivity index (χ3v) is 5.39. The quantitative estimate of drug-likeness (QED) is 0.690. The Hall–Kier alpha value is -2.38. The molecule has 2 aromatic carbocycles.